The molecule has 23 heavy (non-hydrogen) atoms. The molecule has 0 heterocycles. The largest absolute Gasteiger partial charge is 0.390 e. The number of carbonyl (C=O) groups is 2. The van der Waals surface area contributed by atoms with Crippen LogP contribution in [0, 0.1) is 5.82 Å². The van der Waals surface area contributed by atoms with Gasteiger partial charge in [0.15, 0.2) is 0 Å². The summed E-state index contributed by atoms with van der Waals surface area (Å²) < 4.78 is 49.7. The third-order valence-electron chi connectivity index (χ3n) is 2.95. The molecule has 2 amide bonds. The van der Waals surface area contributed by atoms with Crippen LogP contribution < -0.4 is 5.32 Å². The fraction of sp³-hybridized carbons (Fsp3) is 0.429. The molecule has 0 saturated heterocycles. The normalized spacial score (nSPS) is 11.2. The molecule has 0 aliphatic heterocycles. The highest BCUT2D eigenvalue weighted by atomic mass is 79.9. The van der Waals surface area contributed by atoms with Gasteiger partial charge in [0.2, 0.25) is 5.91 Å². The van der Waals surface area contributed by atoms with Crippen molar-refractivity contribution < 1.29 is 27.2 Å². The first-order valence-corrected chi connectivity index (χ1v) is 7.43. The van der Waals surface area contributed by atoms with E-state index >= 15 is 0 Å². The zero-order valence-electron chi connectivity index (χ0n) is 12.2. The van der Waals surface area contributed by atoms with Crippen molar-refractivity contribution in [3.8, 4) is 0 Å². The van der Waals surface area contributed by atoms with Crippen LogP contribution in [0.3, 0.4) is 0 Å². The maximum Gasteiger partial charge on any atom is 0.390 e. The summed E-state index contributed by atoms with van der Waals surface area (Å²) in [5, 5.41) is 2.42. The van der Waals surface area contributed by atoms with E-state index in [-0.39, 0.29) is 18.5 Å². The minimum absolute atomic E-state index is 0.0586. The number of nitrogens with zero attached hydrogens (tertiary/aromatic N) is 1. The topological polar surface area (TPSA) is 49.4 Å². The average Bonchev–Trinajstić information content (AvgIpc) is 2.46. The van der Waals surface area contributed by atoms with Crippen LogP contribution in [0.2, 0.25) is 0 Å². The number of nitrogens with one attached hydrogen (secondary N) is 1. The molecular weight excluding hydrogens is 384 g/mol. The molecule has 1 aromatic rings. The van der Waals surface area contributed by atoms with Gasteiger partial charge in [0.25, 0.3) is 5.91 Å². The number of halogens is 5. The standard InChI is InChI=1S/C14H15BrF4N2O2/c1-21(7-5-14(17,18)19)12(22)4-6-20-13(23)10-8-9(16)2-3-11(10)15/h2-3,8H,4-7H2,1H3,(H,20,23). The Morgan fingerprint density at radius 3 is 2.57 bits per heavy atom. The van der Waals surface area contributed by atoms with Crippen molar-refractivity contribution in [3.05, 3.63) is 34.1 Å². The molecule has 128 valence electrons. The predicted molar refractivity (Wildman–Crippen MR) is 79.4 cm³/mol. The van der Waals surface area contributed by atoms with Crippen molar-refractivity contribution >= 4 is 27.7 Å². The summed E-state index contributed by atoms with van der Waals surface area (Å²) in [5.74, 6) is -1.68. The van der Waals surface area contributed by atoms with Gasteiger partial charge >= 0.3 is 6.18 Å². The van der Waals surface area contributed by atoms with E-state index in [1.807, 2.05) is 0 Å². The van der Waals surface area contributed by atoms with Crippen LogP contribution in [0.25, 0.3) is 0 Å². The number of alkyl halides is 3. The van der Waals surface area contributed by atoms with E-state index in [2.05, 4.69) is 21.2 Å². The number of amides is 2. The second kappa shape index (κ2) is 8.28. The molecular formula is C14H15BrF4N2O2. The first-order chi connectivity index (χ1) is 10.6. The van der Waals surface area contributed by atoms with Crippen LogP contribution in [-0.4, -0.2) is 43.0 Å². The molecule has 0 saturated carbocycles. The van der Waals surface area contributed by atoms with Crippen LogP contribution in [0.4, 0.5) is 17.6 Å². The van der Waals surface area contributed by atoms with Crippen molar-refractivity contribution in [2.24, 2.45) is 0 Å². The lowest BCUT2D eigenvalue weighted by atomic mass is 10.2. The number of carbonyl (C=O) groups excluding carboxylic acids is 2. The van der Waals surface area contributed by atoms with Crippen LogP contribution in [0.15, 0.2) is 22.7 Å². The van der Waals surface area contributed by atoms with E-state index in [0.717, 1.165) is 11.0 Å². The Bertz CT molecular complexity index is 578. The zero-order chi connectivity index (χ0) is 17.6. The van der Waals surface area contributed by atoms with Crippen molar-refractivity contribution in [1.29, 1.82) is 0 Å². The number of benzene rings is 1. The SMILES string of the molecule is CN(CCC(F)(F)F)C(=O)CCNC(=O)c1cc(F)ccc1Br. The Morgan fingerprint density at radius 2 is 1.96 bits per heavy atom. The van der Waals surface area contributed by atoms with Gasteiger partial charge < -0.3 is 10.2 Å². The first kappa shape index (κ1) is 19.4. The highest BCUT2D eigenvalue weighted by Gasteiger charge is 2.27. The maximum atomic E-state index is 13.1. The smallest absolute Gasteiger partial charge is 0.351 e. The van der Waals surface area contributed by atoms with Gasteiger partial charge in [0, 0.05) is 31.0 Å². The Morgan fingerprint density at radius 1 is 1.30 bits per heavy atom. The van der Waals surface area contributed by atoms with Crippen LogP contribution in [0.5, 0.6) is 0 Å². The first-order valence-electron chi connectivity index (χ1n) is 6.64. The zero-order valence-corrected chi connectivity index (χ0v) is 13.8. The van der Waals surface area contributed by atoms with Gasteiger partial charge in [-0.15, -0.1) is 0 Å². The van der Waals surface area contributed by atoms with Gasteiger partial charge in [-0.25, -0.2) is 4.39 Å². The van der Waals surface area contributed by atoms with E-state index < -0.39 is 36.8 Å². The summed E-state index contributed by atoms with van der Waals surface area (Å²) in [7, 11) is 1.26. The minimum Gasteiger partial charge on any atom is -0.351 e. The summed E-state index contributed by atoms with van der Waals surface area (Å²) in [5.41, 5.74) is 0.0721. The number of hydrogen-bond acceptors (Lipinski definition) is 2. The quantitative estimate of drug-likeness (QED) is 0.748. The summed E-state index contributed by atoms with van der Waals surface area (Å²) in [4.78, 5) is 24.4. The van der Waals surface area contributed by atoms with E-state index in [0.29, 0.717) is 4.47 Å². The van der Waals surface area contributed by atoms with Crippen molar-refractivity contribution in [2.45, 2.75) is 19.0 Å². The lowest BCUT2D eigenvalue weighted by Crippen LogP contribution is -2.34. The number of rotatable bonds is 6. The fourth-order valence-electron chi connectivity index (χ4n) is 1.66. The molecule has 9 heteroatoms. The monoisotopic (exact) mass is 398 g/mol. The highest BCUT2D eigenvalue weighted by molar-refractivity contribution is 9.10. The Hall–Kier alpha value is -1.64. The molecule has 0 aromatic heterocycles. The van der Waals surface area contributed by atoms with Crippen LogP contribution >= 0.6 is 15.9 Å². The van der Waals surface area contributed by atoms with Gasteiger partial charge in [-0.3, -0.25) is 9.59 Å². The number of hydrogen-bond donors (Lipinski definition) is 1. The third-order valence-corrected chi connectivity index (χ3v) is 3.65. The van der Waals surface area contributed by atoms with Gasteiger partial charge in [-0.2, -0.15) is 13.2 Å². The molecule has 0 radical (unpaired) electrons. The van der Waals surface area contributed by atoms with E-state index in [1.165, 1.54) is 19.2 Å². The molecule has 0 unspecified atom stereocenters. The van der Waals surface area contributed by atoms with Gasteiger partial charge in [-0.05, 0) is 34.1 Å². The summed E-state index contributed by atoms with van der Waals surface area (Å²) in [6.45, 7) is -0.497. The fourth-order valence-corrected chi connectivity index (χ4v) is 2.09. The van der Waals surface area contributed by atoms with Crippen LogP contribution in [-0.2, 0) is 4.79 Å². The minimum atomic E-state index is -4.33. The van der Waals surface area contributed by atoms with Crippen molar-refractivity contribution in [1.82, 2.24) is 10.2 Å². The molecule has 0 bridgehead atoms. The lowest BCUT2D eigenvalue weighted by molar-refractivity contribution is -0.143. The maximum absolute atomic E-state index is 13.1. The molecule has 0 atom stereocenters. The molecule has 0 spiro atoms. The van der Waals surface area contributed by atoms with Gasteiger partial charge in [-0.1, -0.05) is 0 Å². The van der Waals surface area contributed by atoms with Crippen molar-refractivity contribution in [2.75, 3.05) is 20.1 Å². The summed E-state index contributed by atoms with van der Waals surface area (Å²) in [6.07, 6.45) is -5.56. The molecule has 0 fully saturated rings. The summed E-state index contributed by atoms with van der Waals surface area (Å²) in [6, 6.07) is 3.59. The molecule has 1 aromatic carbocycles. The molecule has 1 rings (SSSR count). The summed E-state index contributed by atoms with van der Waals surface area (Å²) >= 11 is 3.10. The molecule has 0 aliphatic carbocycles. The van der Waals surface area contributed by atoms with Gasteiger partial charge in [0.05, 0.1) is 12.0 Å². The second-order valence-corrected chi connectivity index (χ2v) is 5.66. The van der Waals surface area contributed by atoms with E-state index in [1.54, 1.807) is 0 Å². The predicted octanol–water partition coefficient (Wildman–Crippen LogP) is 3.12. The van der Waals surface area contributed by atoms with Crippen molar-refractivity contribution in [3.63, 3.8) is 0 Å². The average molecular weight is 399 g/mol. The van der Waals surface area contributed by atoms with Gasteiger partial charge in [0.1, 0.15) is 5.82 Å². The second-order valence-electron chi connectivity index (χ2n) is 4.81. The molecule has 0 aliphatic rings. The third kappa shape index (κ3) is 6.98. The van der Waals surface area contributed by atoms with E-state index in [4.69, 9.17) is 0 Å². The Labute approximate surface area is 139 Å². The Balaban J connectivity index is 2.42. The molecule has 4 nitrogen and oxygen atoms in total. The van der Waals surface area contributed by atoms with E-state index in [9.17, 15) is 27.2 Å². The van der Waals surface area contributed by atoms with Crippen LogP contribution in [0.1, 0.15) is 23.2 Å². The highest BCUT2D eigenvalue weighted by Crippen LogP contribution is 2.19. The lowest BCUT2D eigenvalue weighted by Gasteiger charge is -2.18. The molecule has 1 N–H and O–H groups in total. The Kier molecular flexibility index (Phi) is 6.99.